The van der Waals surface area contributed by atoms with Crippen LogP contribution in [0.4, 0.5) is 0 Å². The molecule has 0 aliphatic rings. The maximum absolute atomic E-state index is 4.20. The van der Waals surface area contributed by atoms with Crippen LogP contribution in [0.5, 0.6) is 0 Å². The van der Waals surface area contributed by atoms with Crippen molar-refractivity contribution in [1.29, 1.82) is 0 Å². The highest BCUT2D eigenvalue weighted by Gasteiger charge is 2.12. The zero-order chi connectivity index (χ0) is 7.78. The molecule has 0 fully saturated rings. The molecule has 0 N–H and O–H groups in total. The van der Waals surface area contributed by atoms with Crippen molar-refractivity contribution < 1.29 is 0 Å². The minimum atomic E-state index is 0.119. The molecule has 0 unspecified atom stereocenters. The Labute approximate surface area is 62.7 Å². The van der Waals surface area contributed by atoms with E-state index in [1.807, 2.05) is 10.9 Å². The van der Waals surface area contributed by atoms with Crippen molar-refractivity contribution in [3.05, 3.63) is 12.4 Å². The summed E-state index contributed by atoms with van der Waals surface area (Å²) in [7, 11) is 2.05. The zero-order valence-corrected chi connectivity index (χ0v) is 7.05. The summed E-state index contributed by atoms with van der Waals surface area (Å²) in [6.45, 7) is 6.41. The van der Waals surface area contributed by atoms with Gasteiger partial charge in [0.2, 0.25) is 0 Å². The van der Waals surface area contributed by atoms with Crippen LogP contribution in [0.25, 0.3) is 0 Å². The van der Waals surface area contributed by atoms with E-state index in [0.717, 1.165) is 0 Å². The first kappa shape index (κ1) is 7.38. The van der Waals surface area contributed by atoms with Crippen molar-refractivity contribution in [3.8, 4) is 0 Å². The van der Waals surface area contributed by atoms with Gasteiger partial charge in [-0.25, -0.2) is 0 Å². The maximum Gasteiger partial charge on any atom is 0.143 e. The van der Waals surface area contributed by atoms with Gasteiger partial charge in [0, 0.05) is 12.4 Å². The number of hydrogen-bond donors (Lipinski definition) is 0. The fraction of sp³-hybridized carbons (Fsp3) is 0.571. The number of rotatable bonds is 0. The lowest BCUT2D eigenvalue weighted by atomic mass is 10.0. The predicted octanol–water partition coefficient (Wildman–Crippen LogP) is -0.104. The van der Waals surface area contributed by atoms with Gasteiger partial charge in [-0.3, -0.25) is 4.68 Å². The van der Waals surface area contributed by atoms with Gasteiger partial charge in [0.15, 0.2) is 0 Å². The molecule has 1 heterocycles. The van der Waals surface area contributed by atoms with Gasteiger partial charge >= 0.3 is 0 Å². The maximum atomic E-state index is 4.20. The third-order valence-corrected chi connectivity index (χ3v) is 1.40. The molecule has 1 rings (SSSR count). The van der Waals surface area contributed by atoms with Gasteiger partial charge in [0.25, 0.3) is 0 Å². The van der Waals surface area contributed by atoms with Crippen LogP contribution in [-0.2, 0) is 5.54 Å². The van der Waals surface area contributed by atoms with Gasteiger partial charge in [-0.05, 0) is 20.8 Å². The van der Waals surface area contributed by atoms with Gasteiger partial charge in [0.1, 0.15) is 7.85 Å². The quantitative estimate of drug-likeness (QED) is 0.455. The lowest BCUT2D eigenvalue weighted by Gasteiger charge is -2.18. The minimum absolute atomic E-state index is 0.119. The molecule has 0 amide bonds. The molecule has 54 valence electrons. The van der Waals surface area contributed by atoms with E-state index < -0.39 is 0 Å². The highest BCUT2D eigenvalue weighted by molar-refractivity contribution is 6.31. The molecule has 0 aromatic carbocycles. The first-order valence-corrected chi connectivity index (χ1v) is 3.52. The summed E-state index contributed by atoms with van der Waals surface area (Å²) in [5.74, 6) is 0. The van der Waals surface area contributed by atoms with Crippen molar-refractivity contribution >= 4 is 13.3 Å². The Hall–Kier alpha value is -0.725. The summed E-state index contributed by atoms with van der Waals surface area (Å²) in [4.78, 5) is 0. The van der Waals surface area contributed by atoms with Crippen molar-refractivity contribution in [2.24, 2.45) is 0 Å². The van der Waals surface area contributed by atoms with Crippen LogP contribution in [0.3, 0.4) is 0 Å². The van der Waals surface area contributed by atoms with E-state index >= 15 is 0 Å². The number of aromatic nitrogens is 2. The van der Waals surface area contributed by atoms with Gasteiger partial charge in [0.05, 0.1) is 5.54 Å². The van der Waals surface area contributed by atoms with Crippen LogP contribution in [0.1, 0.15) is 20.8 Å². The second-order valence-corrected chi connectivity index (χ2v) is 3.63. The lowest BCUT2D eigenvalue weighted by molar-refractivity contribution is 0.356. The van der Waals surface area contributed by atoms with E-state index in [1.165, 1.54) is 5.46 Å². The summed E-state index contributed by atoms with van der Waals surface area (Å²) >= 11 is 0. The number of hydrogen-bond acceptors (Lipinski definition) is 1. The first-order chi connectivity index (χ1) is 4.50. The van der Waals surface area contributed by atoms with E-state index in [4.69, 9.17) is 0 Å². The van der Waals surface area contributed by atoms with Gasteiger partial charge in [-0.2, -0.15) is 5.10 Å². The highest BCUT2D eigenvalue weighted by atomic mass is 15.3. The topological polar surface area (TPSA) is 17.8 Å². The molecule has 3 heteroatoms. The number of nitrogens with zero attached hydrogens (tertiary/aromatic N) is 2. The second-order valence-electron chi connectivity index (χ2n) is 3.63. The molecule has 0 bridgehead atoms. The smallest absolute Gasteiger partial charge is 0.143 e. The van der Waals surface area contributed by atoms with Crippen LogP contribution in [0.2, 0.25) is 0 Å². The molecule has 0 spiro atoms. The van der Waals surface area contributed by atoms with Crippen LogP contribution < -0.4 is 5.46 Å². The standard InChI is InChI=1S/C7H13BN2/c1-7(2,3)10-5-6(8)4-9-10/h4-5H,8H2,1-3H3. The summed E-state index contributed by atoms with van der Waals surface area (Å²) in [6.07, 6.45) is 3.94. The van der Waals surface area contributed by atoms with Crippen molar-refractivity contribution in [1.82, 2.24) is 9.78 Å². The molecule has 0 saturated heterocycles. The largest absolute Gasteiger partial charge is 0.268 e. The Morgan fingerprint density at radius 2 is 2.10 bits per heavy atom. The van der Waals surface area contributed by atoms with Crippen molar-refractivity contribution in [3.63, 3.8) is 0 Å². The van der Waals surface area contributed by atoms with Crippen LogP contribution in [-0.4, -0.2) is 17.6 Å². The van der Waals surface area contributed by atoms with Crippen molar-refractivity contribution in [2.45, 2.75) is 26.3 Å². The summed E-state index contributed by atoms with van der Waals surface area (Å²) in [6, 6.07) is 0. The summed E-state index contributed by atoms with van der Waals surface area (Å²) in [5, 5.41) is 4.20. The molecule has 0 radical (unpaired) electrons. The highest BCUT2D eigenvalue weighted by Crippen LogP contribution is 2.09. The van der Waals surface area contributed by atoms with E-state index in [-0.39, 0.29) is 5.54 Å². The summed E-state index contributed by atoms with van der Waals surface area (Å²) in [5.41, 5.74) is 1.34. The molecule has 0 aliphatic carbocycles. The SMILES string of the molecule is Bc1cnn(C(C)(C)C)c1. The van der Waals surface area contributed by atoms with E-state index in [9.17, 15) is 0 Å². The van der Waals surface area contributed by atoms with Crippen LogP contribution in [0.15, 0.2) is 12.4 Å². The Bertz CT molecular complexity index is 222. The van der Waals surface area contributed by atoms with Gasteiger partial charge < -0.3 is 0 Å². The second kappa shape index (κ2) is 2.15. The average molecular weight is 136 g/mol. The Kier molecular flexibility index (Phi) is 1.59. The molecule has 0 atom stereocenters. The molecule has 0 saturated carbocycles. The predicted molar refractivity (Wildman–Crippen MR) is 45.4 cm³/mol. The van der Waals surface area contributed by atoms with E-state index in [2.05, 4.69) is 39.9 Å². The zero-order valence-electron chi connectivity index (χ0n) is 7.05. The van der Waals surface area contributed by atoms with Gasteiger partial charge in [-0.1, -0.05) is 5.46 Å². The van der Waals surface area contributed by atoms with Crippen LogP contribution in [0, 0.1) is 0 Å². The molecule has 10 heavy (non-hydrogen) atoms. The summed E-state index contributed by atoms with van der Waals surface area (Å²) < 4.78 is 1.97. The normalized spacial score (nSPS) is 11.9. The molecular weight excluding hydrogens is 123 g/mol. The minimum Gasteiger partial charge on any atom is -0.268 e. The fourth-order valence-electron chi connectivity index (χ4n) is 0.780. The van der Waals surface area contributed by atoms with Crippen LogP contribution >= 0.6 is 0 Å². The van der Waals surface area contributed by atoms with Crippen molar-refractivity contribution in [2.75, 3.05) is 0 Å². The first-order valence-electron chi connectivity index (χ1n) is 3.52. The molecule has 1 aromatic rings. The third kappa shape index (κ3) is 1.41. The Balaban J connectivity index is 2.96. The van der Waals surface area contributed by atoms with Gasteiger partial charge in [-0.15, -0.1) is 0 Å². The molecule has 1 aromatic heterocycles. The van der Waals surface area contributed by atoms with E-state index in [0.29, 0.717) is 0 Å². The molecule has 0 aliphatic heterocycles. The molecule has 2 nitrogen and oxygen atoms in total. The molecular formula is C7H13BN2. The Morgan fingerprint density at radius 1 is 1.50 bits per heavy atom. The monoisotopic (exact) mass is 136 g/mol. The third-order valence-electron chi connectivity index (χ3n) is 1.40. The fourth-order valence-corrected chi connectivity index (χ4v) is 0.780. The average Bonchev–Trinajstić information content (AvgIpc) is 2.11. The Morgan fingerprint density at radius 3 is 2.30 bits per heavy atom. The van der Waals surface area contributed by atoms with E-state index in [1.54, 1.807) is 0 Å². The lowest BCUT2D eigenvalue weighted by Crippen LogP contribution is -2.22.